The third-order valence-corrected chi connectivity index (χ3v) is 13.1. The average Bonchev–Trinajstić information content (AvgIpc) is 1.87. The third-order valence-electron chi connectivity index (χ3n) is 13.1. The normalized spacial score (nSPS) is 12.2. The molecule has 3 rings (SSSR count). The highest BCUT2D eigenvalue weighted by atomic mass is 16.5. The predicted molar refractivity (Wildman–Crippen MR) is 339 cm³/mol. The number of hydrogen-bond acceptors (Lipinski definition) is 21. The quantitative estimate of drug-likeness (QED) is 0.0171. The first-order valence-electron chi connectivity index (χ1n) is 31.3. The number of unbranched alkanes of at least 4 members (excludes halogenated alkanes) is 2. The highest BCUT2D eigenvalue weighted by Crippen LogP contribution is 2.09. The topological polar surface area (TPSA) is 447 Å². The number of carbonyl (C=O) groups excluding carboxylic acids is 15. The molecule has 1 heterocycles. The number of imide groups is 1. The number of amides is 13. The lowest BCUT2D eigenvalue weighted by molar-refractivity contribution is -0.137. The van der Waals surface area contributed by atoms with Crippen LogP contribution in [0.3, 0.4) is 0 Å². The fourth-order valence-corrected chi connectivity index (χ4v) is 8.31. The van der Waals surface area contributed by atoms with Gasteiger partial charge in [-0.15, -0.1) is 0 Å². The number of benzene rings is 2. The van der Waals surface area contributed by atoms with Crippen molar-refractivity contribution in [3.05, 3.63) is 83.9 Å². The van der Waals surface area contributed by atoms with Crippen LogP contribution in [-0.4, -0.2) is 237 Å². The van der Waals surface area contributed by atoms with E-state index < -0.39 is 116 Å². The molecule has 13 amide bonds. The number of rotatable bonds is 53. The van der Waals surface area contributed by atoms with Crippen LogP contribution in [0.5, 0.6) is 0 Å². The fourth-order valence-electron chi connectivity index (χ4n) is 8.31. The number of carbonyl (C=O) groups is 15. The highest BCUT2D eigenvalue weighted by Gasteiger charge is 2.26. The standard InChI is InChI=1S/C63H90N12O21/c1-44(76)38-95-42-70-56(83)34-68-62(89)49(30-46-14-6-3-7-15-46)73-58(85)36-66-54(81)32-64-51(78)21-28-91-24-12-26-93-40-48(72-53(80)18-10-5-11-23-75-60(87)19-20-61(75)88)41-94-27-13-25-92-29-22-52(79)65-33-55(82)67-37-59(86)74-50(31-47-16-8-4-9-17-47)63(90)69-35-57(84)71-43-96-39-45(2)77/h3-4,6-9,14-17,19-20,48-50H,5,10-13,18,21-43H2,1-2H3,(H,64,78)(H,65,79)(H,66,81)(H,67,82)(H,68,89)(H,69,90)(H,70,83)(H,71,84)(H,72,80)(H,73,85)(H,74,86)/t49-,50-/m0/s1. The Hall–Kier alpha value is -9.41. The molecular formula is C63H90N12O21. The number of hydrogen-bond donors (Lipinski definition) is 11. The van der Waals surface area contributed by atoms with Crippen molar-refractivity contribution in [1.82, 2.24) is 63.4 Å². The van der Waals surface area contributed by atoms with Crippen molar-refractivity contribution in [3.8, 4) is 0 Å². The molecule has 0 saturated carbocycles. The van der Waals surface area contributed by atoms with Gasteiger partial charge in [-0.3, -0.25) is 76.8 Å². The van der Waals surface area contributed by atoms with Gasteiger partial charge < -0.3 is 86.9 Å². The number of nitrogens with zero attached hydrogens (tertiary/aromatic N) is 1. The van der Waals surface area contributed by atoms with Crippen molar-refractivity contribution in [2.24, 2.45) is 0 Å². The van der Waals surface area contributed by atoms with Crippen LogP contribution in [-0.2, 0) is 113 Å². The zero-order valence-corrected chi connectivity index (χ0v) is 54.2. The van der Waals surface area contributed by atoms with E-state index in [0.717, 1.165) is 4.90 Å². The van der Waals surface area contributed by atoms with Crippen molar-refractivity contribution in [2.45, 2.75) is 96.2 Å². The van der Waals surface area contributed by atoms with E-state index in [1.807, 2.05) is 0 Å². The molecule has 0 bridgehead atoms. The van der Waals surface area contributed by atoms with Crippen molar-refractivity contribution >= 4 is 88.4 Å². The van der Waals surface area contributed by atoms with Gasteiger partial charge in [0.2, 0.25) is 65.0 Å². The average molecular weight is 1350 g/mol. The number of Topliss-reactive ketones (excluding diaryl/α,β-unsaturated/α-hetero) is 2. The number of nitrogens with one attached hydrogen (secondary N) is 11. The molecule has 0 radical (unpaired) electrons. The van der Waals surface area contributed by atoms with E-state index in [1.54, 1.807) is 60.7 Å². The van der Waals surface area contributed by atoms with E-state index in [4.69, 9.17) is 28.4 Å². The zero-order chi connectivity index (χ0) is 70.1. The van der Waals surface area contributed by atoms with Gasteiger partial charge in [0.1, 0.15) is 38.8 Å². The van der Waals surface area contributed by atoms with Gasteiger partial charge in [0, 0.05) is 77.2 Å². The monoisotopic (exact) mass is 1350 g/mol. The van der Waals surface area contributed by atoms with Crippen LogP contribution in [0.2, 0.25) is 0 Å². The summed E-state index contributed by atoms with van der Waals surface area (Å²) in [4.78, 5) is 186. The lowest BCUT2D eigenvalue weighted by atomic mass is 10.1. The minimum absolute atomic E-state index is 0.0171. The van der Waals surface area contributed by atoms with Crippen LogP contribution >= 0.6 is 0 Å². The molecule has 96 heavy (non-hydrogen) atoms. The minimum atomic E-state index is -1.12. The van der Waals surface area contributed by atoms with Crippen LogP contribution < -0.4 is 58.5 Å². The Kier molecular flexibility index (Phi) is 41.4. The molecule has 2 aromatic rings. The van der Waals surface area contributed by atoms with Gasteiger partial charge in [-0.2, -0.15) is 0 Å². The Labute approximate surface area is 555 Å². The Morgan fingerprint density at radius 1 is 0.375 bits per heavy atom. The van der Waals surface area contributed by atoms with Gasteiger partial charge in [0.25, 0.3) is 11.8 Å². The first kappa shape index (κ1) is 80.8. The summed E-state index contributed by atoms with van der Waals surface area (Å²) < 4.78 is 32.7. The molecule has 33 heteroatoms. The van der Waals surface area contributed by atoms with Gasteiger partial charge in [-0.1, -0.05) is 67.1 Å². The van der Waals surface area contributed by atoms with Gasteiger partial charge >= 0.3 is 0 Å². The van der Waals surface area contributed by atoms with Gasteiger partial charge in [-0.25, -0.2) is 0 Å². The molecule has 2 aromatic carbocycles. The second kappa shape index (κ2) is 49.2. The maximum atomic E-state index is 13.0. The molecule has 0 saturated heterocycles. The molecule has 1 aliphatic rings. The van der Waals surface area contributed by atoms with Gasteiger partial charge in [-0.05, 0) is 50.7 Å². The van der Waals surface area contributed by atoms with Crippen molar-refractivity contribution in [3.63, 3.8) is 0 Å². The second-order valence-electron chi connectivity index (χ2n) is 21.6. The Bertz CT molecular complexity index is 2710. The lowest BCUT2D eigenvalue weighted by Crippen LogP contribution is -2.52. The zero-order valence-electron chi connectivity index (χ0n) is 54.2. The Morgan fingerprint density at radius 2 is 0.760 bits per heavy atom. The van der Waals surface area contributed by atoms with E-state index in [0.29, 0.717) is 43.2 Å². The van der Waals surface area contributed by atoms with Crippen molar-refractivity contribution in [1.29, 1.82) is 0 Å². The molecule has 0 unspecified atom stereocenters. The summed E-state index contributed by atoms with van der Waals surface area (Å²) in [6, 6.07) is 14.8. The lowest BCUT2D eigenvalue weighted by Gasteiger charge is -2.19. The van der Waals surface area contributed by atoms with Crippen molar-refractivity contribution in [2.75, 3.05) is 125 Å². The largest absolute Gasteiger partial charge is 0.381 e. The molecule has 33 nitrogen and oxygen atoms in total. The van der Waals surface area contributed by atoms with Crippen LogP contribution in [0.25, 0.3) is 0 Å². The third kappa shape index (κ3) is 40.0. The molecule has 0 aliphatic carbocycles. The molecular weight excluding hydrogens is 1260 g/mol. The fraction of sp³-hybridized carbons (Fsp3) is 0.540. The Morgan fingerprint density at radius 3 is 1.19 bits per heavy atom. The van der Waals surface area contributed by atoms with Gasteiger partial charge in [0.15, 0.2) is 11.6 Å². The summed E-state index contributed by atoms with van der Waals surface area (Å²) in [5.41, 5.74) is 1.42. The predicted octanol–water partition coefficient (Wildman–Crippen LogP) is -3.91. The molecule has 11 N–H and O–H groups in total. The maximum Gasteiger partial charge on any atom is 0.253 e. The Balaban J connectivity index is 1.31. The van der Waals surface area contributed by atoms with E-state index in [-0.39, 0.29) is 147 Å². The number of ether oxygens (including phenoxy) is 6. The molecule has 528 valence electrons. The highest BCUT2D eigenvalue weighted by molar-refractivity contribution is 6.12. The summed E-state index contributed by atoms with van der Waals surface area (Å²) in [5, 5.41) is 27.3. The molecule has 0 aromatic heterocycles. The van der Waals surface area contributed by atoms with Crippen LogP contribution in [0, 0.1) is 0 Å². The van der Waals surface area contributed by atoms with Crippen LogP contribution in [0.15, 0.2) is 72.8 Å². The van der Waals surface area contributed by atoms with Crippen LogP contribution in [0.1, 0.15) is 76.3 Å². The summed E-state index contributed by atoms with van der Waals surface area (Å²) in [5.74, 6) is -7.78. The molecule has 1 aliphatic heterocycles. The summed E-state index contributed by atoms with van der Waals surface area (Å²) in [7, 11) is 0. The summed E-state index contributed by atoms with van der Waals surface area (Å²) >= 11 is 0. The second-order valence-corrected chi connectivity index (χ2v) is 21.6. The SMILES string of the molecule is CC(=O)COCNC(=O)CNC(=O)[C@H](Cc1ccccc1)NC(=O)CNC(=O)CNC(=O)CCOCCCOCC(COCCCOCCC(=O)NCC(=O)NCC(=O)N[C@@H](Cc1ccccc1)C(=O)NCC(=O)NCOCC(C)=O)NC(=O)CCCCCN1C(=O)C=CC1=O. The van der Waals surface area contributed by atoms with Crippen LogP contribution in [0.4, 0.5) is 0 Å². The van der Waals surface area contributed by atoms with Crippen molar-refractivity contribution < 1.29 is 100 Å². The van der Waals surface area contributed by atoms with E-state index >= 15 is 0 Å². The van der Waals surface area contributed by atoms with Gasteiger partial charge in [0.05, 0.1) is 71.7 Å². The molecule has 0 fully saturated rings. The first-order valence-corrected chi connectivity index (χ1v) is 31.3. The minimum Gasteiger partial charge on any atom is -0.381 e. The molecule has 2 atom stereocenters. The maximum absolute atomic E-state index is 13.0. The first-order chi connectivity index (χ1) is 46.2. The number of ketones is 2. The smallest absolute Gasteiger partial charge is 0.253 e. The summed E-state index contributed by atoms with van der Waals surface area (Å²) in [6.07, 6.45) is 5.01. The van der Waals surface area contributed by atoms with E-state index in [9.17, 15) is 71.9 Å². The van der Waals surface area contributed by atoms with E-state index in [1.165, 1.54) is 26.0 Å². The summed E-state index contributed by atoms with van der Waals surface area (Å²) in [6.45, 7) is 0.258. The molecule has 0 spiro atoms. The van der Waals surface area contributed by atoms with E-state index in [2.05, 4.69) is 58.5 Å².